The number of anilines is 1. The van der Waals surface area contributed by atoms with Crippen LogP contribution < -0.4 is 15.1 Å². The summed E-state index contributed by atoms with van der Waals surface area (Å²) in [5, 5.41) is 5.08. The Morgan fingerprint density at radius 1 is 1.23 bits per heavy atom. The zero-order valence-corrected chi connectivity index (χ0v) is 18.6. The van der Waals surface area contributed by atoms with Crippen LogP contribution in [0.15, 0.2) is 12.1 Å². The highest BCUT2D eigenvalue weighted by Crippen LogP contribution is 2.40. The Labute approximate surface area is 178 Å². The predicted molar refractivity (Wildman–Crippen MR) is 113 cm³/mol. The second-order valence-corrected chi connectivity index (χ2v) is 8.73. The number of piperidine rings is 1. The van der Waals surface area contributed by atoms with E-state index in [2.05, 4.69) is 5.32 Å². The summed E-state index contributed by atoms with van der Waals surface area (Å²) >= 11 is 0. The van der Waals surface area contributed by atoms with Gasteiger partial charge in [-0.25, -0.2) is 5.06 Å². The second kappa shape index (κ2) is 9.22. The maximum atomic E-state index is 13.2. The summed E-state index contributed by atoms with van der Waals surface area (Å²) in [5.41, 5.74) is 1.68. The molecular weight excluding hydrogens is 386 g/mol. The van der Waals surface area contributed by atoms with Crippen LogP contribution in [0.4, 0.5) is 5.69 Å². The Hall–Kier alpha value is -2.32. The number of nitrogens with zero attached hydrogens (tertiary/aromatic N) is 2. The van der Waals surface area contributed by atoms with Gasteiger partial charge >= 0.3 is 5.97 Å². The van der Waals surface area contributed by atoms with Gasteiger partial charge in [0.05, 0.1) is 30.4 Å². The zero-order chi connectivity index (χ0) is 21.9. The highest BCUT2D eigenvalue weighted by Gasteiger charge is 2.34. The number of hydrogen-bond donors (Lipinski definition) is 1. The summed E-state index contributed by atoms with van der Waals surface area (Å²) in [6.07, 6.45) is 2.04. The lowest BCUT2D eigenvalue weighted by atomic mass is 9.88. The van der Waals surface area contributed by atoms with E-state index in [0.717, 1.165) is 37.2 Å². The van der Waals surface area contributed by atoms with E-state index in [9.17, 15) is 9.59 Å². The SMILES string of the molecule is CCON1CN(COC(=O)C(C)(C)C)C(=O)c2cc(OC)c(C3CCNCC3)cc21. The maximum Gasteiger partial charge on any atom is 0.312 e. The first-order valence-corrected chi connectivity index (χ1v) is 10.6. The summed E-state index contributed by atoms with van der Waals surface area (Å²) in [4.78, 5) is 32.6. The molecule has 30 heavy (non-hydrogen) atoms. The van der Waals surface area contributed by atoms with Crippen molar-refractivity contribution in [1.29, 1.82) is 0 Å². The van der Waals surface area contributed by atoms with Crippen LogP contribution >= 0.6 is 0 Å². The molecule has 0 aliphatic carbocycles. The topological polar surface area (TPSA) is 80.3 Å². The molecule has 8 nitrogen and oxygen atoms in total. The zero-order valence-electron chi connectivity index (χ0n) is 18.6. The lowest BCUT2D eigenvalue weighted by Gasteiger charge is -2.37. The molecule has 2 heterocycles. The van der Waals surface area contributed by atoms with Crippen molar-refractivity contribution in [1.82, 2.24) is 10.2 Å². The van der Waals surface area contributed by atoms with E-state index in [4.69, 9.17) is 14.3 Å². The monoisotopic (exact) mass is 419 g/mol. The lowest BCUT2D eigenvalue weighted by molar-refractivity contribution is -0.157. The van der Waals surface area contributed by atoms with Crippen molar-refractivity contribution in [2.24, 2.45) is 5.41 Å². The minimum atomic E-state index is -0.636. The molecular formula is C22H33N3O5. The Bertz CT molecular complexity index is 784. The highest BCUT2D eigenvalue weighted by molar-refractivity contribution is 6.02. The second-order valence-electron chi connectivity index (χ2n) is 8.73. The normalized spacial score (nSPS) is 17.7. The average Bonchev–Trinajstić information content (AvgIpc) is 2.73. The van der Waals surface area contributed by atoms with Crippen LogP contribution in [0.5, 0.6) is 5.75 Å². The number of carbonyl (C=O) groups is 2. The molecule has 0 unspecified atom stereocenters. The molecule has 3 rings (SSSR count). The minimum Gasteiger partial charge on any atom is -0.496 e. The summed E-state index contributed by atoms with van der Waals surface area (Å²) in [7, 11) is 1.63. The third-order valence-electron chi connectivity index (χ3n) is 5.46. The number of methoxy groups -OCH3 is 1. The van der Waals surface area contributed by atoms with Crippen molar-refractivity contribution < 1.29 is 23.9 Å². The van der Waals surface area contributed by atoms with Gasteiger partial charge in [-0.05, 0) is 77.2 Å². The van der Waals surface area contributed by atoms with Gasteiger partial charge in [0.15, 0.2) is 6.73 Å². The third-order valence-corrected chi connectivity index (χ3v) is 5.46. The third kappa shape index (κ3) is 4.70. The first-order valence-electron chi connectivity index (χ1n) is 10.6. The molecule has 0 bridgehead atoms. The van der Waals surface area contributed by atoms with Gasteiger partial charge in [-0.15, -0.1) is 0 Å². The molecule has 1 aromatic rings. The van der Waals surface area contributed by atoms with Gasteiger partial charge in [-0.3, -0.25) is 19.3 Å². The number of carbonyl (C=O) groups excluding carboxylic acids is 2. The molecule has 0 aromatic heterocycles. The number of fused-ring (bicyclic) bond motifs is 1. The average molecular weight is 420 g/mol. The van der Waals surface area contributed by atoms with Gasteiger partial charge in [0.2, 0.25) is 0 Å². The van der Waals surface area contributed by atoms with E-state index >= 15 is 0 Å². The molecule has 0 atom stereocenters. The fourth-order valence-corrected chi connectivity index (χ4v) is 3.78. The number of rotatable bonds is 6. The number of esters is 1. The van der Waals surface area contributed by atoms with Crippen LogP contribution in [0.25, 0.3) is 0 Å². The largest absolute Gasteiger partial charge is 0.496 e. The predicted octanol–water partition coefficient (Wildman–Crippen LogP) is 2.88. The van der Waals surface area contributed by atoms with Crippen LogP contribution in [-0.4, -0.2) is 57.0 Å². The number of benzene rings is 1. The number of ether oxygens (including phenoxy) is 2. The summed E-state index contributed by atoms with van der Waals surface area (Å²) < 4.78 is 11.0. The highest BCUT2D eigenvalue weighted by atomic mass is 16.7. The first kappa shape index (κ1) is 22.4. The lowest BCUT2D eigenvalue weighted by Crippen LogP contribution is -2.48. The van der Waals surface area contributed by atoms with E-state index in [-0.39, 0.29) is 25.3 Å². The first-order chi connectivity index (χ1) is 14.3. The van der Waals surface area contributed by atoms with Gasteiger partial charge in [0.1, 0.15) is 12.4 Å². The van der Waals surface area contributed by atoms with E-state index in [0.29, 0.717) is 23.8 Å². The molecule has 1 aromatic carbocycles. The molecule has 2 aliphatic rings. The Morgan fingerprint density at radius 3 is 2.53 bits per heavy atom. The van der Waals surface area contributed by atoms with Crippen molar-refractivity contribution in [2.45, 2.75) is 46.5 Å². The van der Waals surface area contributed by atoms with E-state index in [1.165, 1.54) is 4.90 Å². The van der Waals surface area contributed by atoms with Gasteiger partial charge in [0, 0.05) is 0 Å². The van der Waals surface area contributed by atoms with Crippen molar-refractivity contribution in [3.8, 4) is 5.75 Å². The van der Waals surface area contributed by atoms with Crippen LogP contribution in [0.1, 0.15) is 62.4 Å². The fraction of sp³-hybridized carbons (Fsp3) is 0.636. The number of amides is 1. The van der Waals surface area contributed by atoms with Crippen LogP contribution in [-0.2, 0) is 14.4 Å². The van der Waals surface area contributed by atoms with Crippen molar-refractivity contribution in [3.63, 3.8) is 0 Å². The van der Waals surface area contributed by atoms with E-state index < -0.39 is 5.41 Å². The number of hydroxylamine groups is 1. The van der Waals surface area contributed by atoms with E-state index in [1.807, 2.05) is 13.0 Å². The Kier molecular flexibility index (Phi) is 6.88. The van der Waals surface area contributed by atoms with E-state index in [1.54, 1.807) is 39.0 Å². The smallest absolute Gasteiger partial charge is 0.312 e. The van der Waals surface area contributed by atoms with Gasteiger partial charge in [-0.1, -0.05) is 0 Å². The molecule has 1 fully saturated rings. The van der Waals surface area contributed by atoms with Crippen LogP contribution in [0.3, 0.4) is 0 Å². The molecule has 0 spiro atoms. The quantitative estimate of drug-likeness (QED) is 0.710. The van der Waals surface area contributed by atoms with Crippen molar-refractivity contribution >= 4 is 17.6 Å². The molecule has 166 valence electrons. The molecule has 1 N–H and O–H groups in total. The van der Waals surface area contributed by atoms with Gasteiger partial charge in [0.25, 0.3) is 5.91 Å². The minimum absolute atomic E-state index is 0.129. The van der Waals surface area contributed by atoms with Gasteiger partial charge in [-0.2, -0.15) is 0 Å². The molecule has 1 amide bonds. The number of hydrogen-bond acceptors (Lipinski definition) is 7. The molecule has 1 saturated heterocycles. The molecule has 2 aliphatic heterocycles. The Balaban J connectivity index is 1.91. The number of nitrogens with one attached hydrogen (secondary N) is 1. The molecule has 0 radical (unpaired) electrons. The summed E-state index contributed by atoms with van der Waals surface area (Å²) in [6, 6.07) is 3.81. The molecule has 0 saturated carbocycles. The van der Waals surface area contributed by atoms with Gasteiger partial charge < -0.3 is 14.8 Å². The van der Waals surface area contributed by atoms with Crippen LogP contribution in [0, 0.1) is 5.41 Å². The van der Waals surface area contributed by atoms with Crippen molar-refractivity contribution in [3.05, 3.63) is 23.3 Å². The fourth-order valence-electron chi connectivity index (χ4n) is 3.78. The maximum absolute atomic E-state index is 13.2. The van der Waals surface area contributed by atoms with Crippen LogP contribution in [0.2, 0.25) is 0 Å². The molecule has 8 heteroatoms. The summed E-state index contributed by atoms with van der Waals surface area (Å²) in [6.45, 7) is 9.69. The summed E-state index contributed by atoms with van der Waals surface area (Å²) in [5.74, 6) is 0.510. The standard InChI is InChI=1S/C22H33N3O5/c1-6-30-25-13-24(14-29-21(27)22(2,3)4)20(26)17-12-19(28-5)16(11-18(17)25)15-7-9-23-10-8-15/h11-12,15,23H,6-10,13-14H2,1-5H3. The van der Waals surface area contributed by atoms with Crippen molar-refractivity contribution in [2.75, 3.05) is 45.3 Å². The Morgan fingerprint density at radius 2 is 1.93 bits per heavy atom.